The molecule has 4 nitrogen and oxygen atoms in total. The molecule has 84 valence electrons. The molecule has 1 aromatic heterocycles. The zero-order chi connectivity index (χ0) is 11.4. The summed E-state index contributed by atoms with van der Waals surface area (Å²) in [6, 6.07) is 7.75. The monoisotopic (exact) mass is 236 g/mol. The van der Waals surface area contributed by atoms with Crippen molar-refractivity contribution in [3.05, 3.63) is 47.5 Å². The van der Waals surface area contributed by atoms with Crippen LogP contribution in [0.1, 0.15) is 11.5 Å². The van der Waals surface area contributed by atoms with Gasteiger partial charge in [0.15, 0.2) is 0 Å². The number of rotatable bonds is 4. The van der Waals surface area contributed by atoms with Crippen molar-refractivity contribution in [1.29, 1.82) is 0 Å². The predicted molar refractivity (Wildman–Crippen MR) is 63.3 cm³/mol. The quantitative estimate of drug-likeness (QED) is 0.879. The lowest BCUT2D eigenvalue weighted by Gasteiger charge is -2.16. The van der Waals surface area contributed by atoms with Crippen molar-refractivity contribution in [2.45, 2.75) is 12.5 Å². The molecule has 1 atom stereocenters. The van der Waals surface area contributed by atoms with Gasteiger partial charge in [-0.25, -0.2) is 4.98 Å². The Kier molecular flexibility index (Phi) is 3.54. The Labute approximate surface area is 99.1 Å². The topological polar surface area (TPSA) is 56.7 Å². The maximum Gasteiger partial charge on any atom is 0.137 e. The molecule has 0 aliphatic carbocycles. The van der Waals surface area contributed by atoms with E-state index in [1.165, 1.54) is 6.33 Å². The summed E-state index contributed by atoms with van der Waals surface area (Å²) in [6.07, 6.45) is 3.19. The van der Waals surface area contributed by atoms with Crippen LogP contribution in [0.2, 0.25) is 5.02 Å². The minimum absolute atomic E-state index is 0.162. The Morgan fingerprint density at radius 2 is 2.19 bits per heavy atom. The molecule has 2 rings (SSSR count). The second-order valence-corrected chi connectivity index (χ2v) is 3.98. The molecule has 0 amide bonds. The molecule has 0 spiro atoms. The smallest absolute Gasteiger partial charge is 0.137 e. The maximum atomic E-state index is 6.14. The van der Waals surface area contributed by atoms with E-state index in [0.717, 1.165) is 10.6 Å². The first-order valence-electron chi connectivity index (χ1n) is 5.08. The Balaban J connectivity index is 2.20. The van der Waals surface area contributed by atoms with Crippen LogP contribution in [-0.4, -0.2) is 21.3 Å². The largest absolute Gasteiger partial charge is 0.330 e. The van der Waals surface area contributed by atoms with Crippen LogP contribution in [0.4, 0.5) is 0 Å². The van der Waals surface area contributed by atoms with Crippen molar-refractivity contribution in [2.24, 2.45) is 5.73 Å². The van der Waals surface area contributed by atoms with Crippen molar-refractivity contribution >= 4 is 11.6 Å². The predicted octanol–water partition coefficient (Wildman–Crippen LogP) is 1.67. The fourth-order valence-electron chi connectivity index (χ4n) is 1.66. The van der Waals surface area contributed by atoms with Gasteiger partial charge >= 0.3 is 0 Å². The highest BCUT2D eigenvalue weighted by molar-refractivity contribution is 6.31. The van der Waals surface area contributed by atoms with E-state index in [2.05, 4.69) is 10.1 Å². The molecule has 1 heterocycles. The number of hydrogen-bond acceptors (Lipinski definition) is 3. The lowest BCUT2D eigenvalue weighted by molar-refractivity contribution is 0.520. The third-order valence-corrected chi connectivity index (χ3v) is 2.85. The van der Waals surface area contributed by atoms with E-state index in [1.54, 1.807) is 11.0 Å². The van der Waals surface area contributed by atoms with Crippen LogP contribution < -0.4 is 5.73 Å². The summed E-state index contributed by atoms with van der Waals surface area (Å²) in [7, 11) is 0. The minimum atomic E-state index is 0.162. The van der Waals surface area contributed by atoms with Gasteiger partial charge in [-0.05, 0) is 11.6 Å². The summed E-state index contributed by atoms with van der Waals surface area (Å²) in [5, 5.41) is 4.81. The Bertz CT molecular complexity index is 441. The van der Waals surface area contributed by atoms with Crippen LogP contribution in [0.5, 0.6) is 0 Å². The van der Waals surface area contributed by atoms with E-state index in [0.29, 0.717) is 13.1 Å². The highest BCUT2D eigenvalue weighted by atomic mass is 35.5. The number of nitrogens with zero attached hydrogens (tertiary/aromatic N) is 3. The summed E-state index contributed by atoms with van der Waals surface area (Å²) in [5.74, 6) is 0.162. The molecule has 0 bridgehead atoms. The van der Waals surface area contributed by atoms with Gasteiger partial charge in [0, 0.05) is 17.5 Å². The molecular formula is C11H13ClN4. The van der Waals surface area contributed by atoms with Crippen molar-refractivity contribution in [2.75, 3.05) is 6.54 Å². The first kappa shape index (κ1) is 11.1. The van der Waals surface area contributed by atoms with Gasteiger partial charge < -0.3 is 5.73 Å². The number of hydrogen-bond donors (Lipinski definition) is 1. The molecule has 2 aromatic rings. The summed E-state index contributed by atoms with van der Waals surface area (Å²) < 4.78 is 1.76. The average Bonchev–Trinajstić information content (AvgIpc) is 2.80. The van der Waals surface area contributed by atoms with Crippen LogP contribution >= 0.6 is 11.6 Å². The zero-order valence-electron chi connectivity index (χ0n) is 8.75. The molecular weight excluding hydrogens is 224 g/mol. The van der Waals surface area contributed by atoms with E-state index in [4.69, 9.17) is 17.3 Å². The maximum absolute atomic E-state index is 6.14. The summed E-state index contributed by atoms with van der Waals surface area (Å²) in [4.78, 5) is 3.90. The van der Waals surface area contributed by atoms with Crippen LogP contribution in [0.25, 0.3) is 0 Å². The van der Waals surface area contributed by atoms with Crippen molar-refractivity contribution in [3.63, 3.8) is 0 Å². The first-order chi connectivity index (χ1) is 7.81. The fraction of sp³-hybridized carbons (Fsp3) is 0.273. The van der Waals surface area contributed by atoms with Gasteiger partial charge in [-0.1, -0.05) is 29.8 Å². The minimum Gasteiger partial charge on any atom is -0.330 e. The SMILES string of the molecule is NCC(Cn1cncn1)c1ccccc1Cl. The normalized spacial score (nSPS) is 12.6. The summed E-state index contributed by atoms with van der Waals surface area (Å²) in [6.45, 7) is 1.23. The van der Waals surface area contributed by atoms with Gasteiger partial charge in [-0.2, -0.15) is 5.10 Å². The number of benzene rings is 1. The van der Waals surface area contributed by atoms with Gasteiger partial charge in [0.2, 0.25) is 0 Å². The average molecular weight is 237 g/mol. The van der Waals surface area contributed by atoms with Crippen molar-refractivity contribution < 1.29 is 0 Å². The van der Waals surface area contributed by atoms with Crippen molar-refractivity contribution in [3.8, 4) is 0 Å². The molecule has 1 unspecified atom stereocenters. The molecule has 0 radical (unpaired) electrons. The van der Waals surface area contributed by atoms with E-state index in [-0.39, 0.29) is 5.92 Å². The molecule has 16 heavy (non-hydrogen) atoms. The third-order valence-electron chi connectivity index (χ3n) is 2.50. The molecule has 0 aliphatic rings. The molecule has 0 aliphatic heterocycles. The molecule has 2 N–H and O–H groups in total. The molecule has 0 saturated heterocycles. The van der Waals surface area contributed by atoms with Gasteiger partial charge in [0.05, 0.1) is 6.54 Å². The van der Waals surface area contributed by atoms with Crippen LogP contribution in [0.3, 0.4) is 0 Å². The molecule has 1 aromatic carbocycles. The van der Waals surface area contributed by atoms with Gasteiger partial charge in [-0.3, -0.25) is 4.68 Å². The van der Waals surface area contributed by atoms with Crippen LogP contribution in [0, 0.1) is 0 Å². The lowest BCUT2D eigenvalue weighted by atomic mass is 9.99. The fourth-order valence-corrected chi connectivity index (χ4v) is 1.95. The molecule has 0 fully saturated rings. The Morgan fingerprint density at radius 1 is 1.38 bits per heavy atom. The number of aromatic nitrogens is 3. The lowest BCUT2D eigenvalue weighted by Crippen LogP contribution is -2.19. The highest BCUT2D eigenvalue weighted by Gasteiger charge is 2.13. The third kappa shape index (κ3) is 2.40. The van der Waals surface area contributed by atoms with E-state index in [9.17, 15) is 0 Å². The van der Waals surface area contributed by atoms with E-state index >= 15 is 0 Å². The van der Waals surface area contributed by atoms with Gasteiger partial charge in [0.25, 0.3) is 0 Å². The Hall–Kier alpha value is -1.39. The standard InChI is InChI=1S/C11H13ClN4/c12-11-4-2-1-3-10(11)9(5-13)6-16-8-14-7-15-16/h1-4,7-9H,5-6,13H2. The van der Waals surface area contributed by atoms with Gasteiger partial charge in [-0.15, -0.1) is 0 Å². The second-order valence-electron chi connectivity index (χ2n) is 3.57. The zero-order valence-corrected chi connectivity index (χ0v) is 9.51. The first-order valence-corrected chi connectivity index (χ1v) is 5.46. The van der Waals surface area contributed by atoms with Crippen LogP contribution in [0.15, 0.2) is 36.9 Å². The second kappa shape index (κ2) is 5.09. The summed E-state index contributed by atoms with van der Waals surface area (Å²) in [5.41, 5.74) is 6.83. The van der Waals surface area contributed by atoms with Crippen LogP contribution in [-0.2, 0) is 6.54 Å². The highest BCUT2D eigenvalue weighted by Crippen LogP contribution is 2.24. The molecule has 0 saturated carbocycles. The van der Waals surface area contributed by atoms with Gasteiger partial charge in [0.1, 0.15) is 12.7 Å². The Morgan fingerprint density at radius 3 is 2.81 bits per heavy atom. The summed E-state index contributed by atoms with van der Waals surface area (Å²) >= 11 is 6.14. The number of halogens is 1. The number of nitrogens with two attached hydrogens (primary N) is 1. The van der Waals surface area contributed by atoms with E-state index in [1.807, 2.05) is 24.3 Å². The van der Waals surface area contributed by atoms with E-state index < -0.39 is 0 Å². The molecule has 5 heteroatoms. The van der Waals surface area contributed by atoms with Crippen molar-refractivity contribution in [1.82, 2.24) is 14.8 Å².